The first-order valence-corrected chi connectivity index (χ1v) is 5.82. The number of benzene rings is 1. The van der Waals surface area contributed by atoms with Crippen molar-refractivity contribution in [2.75, 3.05) is 39.5 Å². The second-order valence-electron chi connectivity index (χ2n) is 5.29. The molecule has 1 aromatic carbocycles. The third kappa shape index (κ3) is 2.97. The highest BCUT2D eigenvalue weighted by Gasteiger charge is 2.19. The summed E-state index contributed by atoms with van der Waals surface area (Å²) in [6, 6.07) is 3.03. The molecule has 1 N–H and O–H groups in total. The van der Waals surface area contributed by atoms with Crippen molar-refractivity contribution in [3.05, 3.63) is 22.2 Å². The summed E-state index contributed by atoms with van der Waals surface area (Å²) in [6.45, 7) is 1.63. The minimum Gasteiger partial charge on any atom is -0.377 e. The molecule has 0 fully saturated rings. The van der Waals surface area contributed by atoms with Gasteiger partial charge in [0.05, 0.1) is 44.8 Å². The first-order valence-electron chi connectivity index (χ1n) is 5.82. The predicted octanol–water partition coefficient (Wildman–Crippen LogP) is 1.25. The van der Waals surface area contributed by atoms with Crippen LogP contribution in [-0.4, -0.2) is 54.0 Å². The molecule has 1 aromatic heterocycles. The number of anilines is 1. The van der Waals surface area contributed by atoms with E-state index in [2.05, 4.69) is 41.4 Å². The number of quaternary nitrogens is 1. The molecule has 0 spiro atoms. The van der Waals surface area contributed by atoms with Crippen LogP contribution in [0.2, 0.25) is 0 Å². The number of nitro benzene ring substituents is 1. The Labute approximate surface area is 109 Å². The van der Waals surface area contributed by atoms with Gasteiger partial charge >= 0.3 is 5.69 Å². The van der Waals surface area contributed by atoms with Crippen LogP contribution in [0.25, 0.3) is 11.0 Å². The second kappa shape index (κ2) is 4.81. The van der Waals surface area contributed by atoms with Crippen molar-refractivity contribution >= 4 is 22.4 Å². The van der Waals surface area contributed by atoms with E-state index in [9.17, 15) is 10.1 Å². The summed E-state index contributed by atoms with van der Waals surface area (Å²) >= 11 is 0. The summed E-state index contributed by atoms with van der Waals surface area (Å²) in [5.41, 5.74) is 1.14. The molecule has 0 aliphatic rings. The van der Waals surface area contributed by atoms with Crippen LogP contribution in [0, 0.1) is 10.1 Å². The number of likely N-dealkylation sites (N-methyl/N-ethyl adjacent to an activating group) is 1. The molecular weight excluding hydrogens is 250 g/mol. The standard InChI is InChI=1S/C11H16N5O3/c1-16(2,3)7-6-12-8-4-5-9(15(17)18)11-10(8)13-19-14-11/h4-5,12H,6-7H2,1-3H3/q+1. The van der Waals surface area contributed by atoms with Gasteiger partial charge < -0.3 is 9.80 Å². The Balaban J connectivity index is 2.23. The second-order valence-corrected chi connectivity index (χ2v) is 5.29. The van der Waals surface area contributed by atoms with Crippen molar-refractivity contribution in [1.29, 1.82) is 0 Å². The van der Waals surface area contributed by atoms with Crippen LogP contribution in [0.15, 0.2) is 16.8 Å². The molecule has 0 saturated carbocycles. The van der Waals surface area contributed by atoms with Crippen LogP contribution in [0.4, 0.5) is 11.4 Å². The van der Waals surface area contributed by atoms with Crippen LogP contribution in [-0.2, 0) is 0 Å². The molecule has 0 aliphatic carbocycles. The van der Waals surface area contributed by atoms with Crippen LogP contribution >= 0.6 is 0 Å². The van der Waals surface area contributed by atoms with Crippen molar-refractivity contribution in [1.82, 2.24) is 10.3 Å². The Morgan fingerprint density at radius 2 is 2.00 bits per heavy atom. The number of nitrogens with one attached hydrogen (secondary N) is 1. The van der Waals surface area contributed by atoms with Crippen LogP contribution in [0.3, 0.4) is 0 Å². The molecule has 0 unspecified atom stereocenters. The lowest BCUT2D eigenvalue weighted by atomic mass is 10.2. The predicted molar refractivity (Wildman–Crippen MR) is 69.8 cm³/mol. The zero-order chi connectivity index (χ0) is 14.0. The van der Waals surface area contributed by atoms with Gasteiger partial charge in [-0.25, -0.2) is 4.63 Å². The average molecular weight is 266 g/mol. The average Bonchev–Trinajstić information content (AvgIpc) is 2.76. The van der Waals surface area contributed by atoms with Gasteiger partial charge in [0.1, 0.15) is 0 Å². The van der Waals surface area contributed by atoms with E-state index in [1.165, 1.54) is 6.07 Å². The number of nitrogens with zero attached hydrogens (tertiary/aromatic N) is 4. The van der Waals surface area contributed by atoms with Gasteiger partial charge in [-0.2, -0.15) is 0 Å². The van der Waals surface area contributed by atoms with E-state index in [0.29, 0.717) is 11.2 Å². The summed E-state index contributed by atoms with van der Waals surface area (Å²) in [4.78, 5) is 10.3. The lowest BCUT2D eigenvalue weighted by Crippen LogP contribution is -2.38. The van der Waals surface area contributed by atoms with Crippen molar-refractivity contribution in [3.8, 4) is 0 Å². The summed E-state index contributed by atoms with van der Waals surface area (Å²) in [7, 11) is 6.26. The number of non-ortho nitro benzene ring substituents is 1. The topological polar surface area (TPSA) is 94.1 Å². The largest absolute Gasteiger partial charge is 0.377 e. The van der Waals surface area contributed by atoms with Crippen molar-refractivity contribution in [2.24, 2.45) is 0 Å². The lowest BCUT2D eigenvalue weighted by Gasteiger charge is -2.24. The van der Waals surface area contributed by atoms with Gasteiger partial charge in [0, 0.05) is 6.07 Å². The van der Waals surface area contributed by atoms with Gasteiger partial charge in [-0.1, -0.05) is 0 Å². The Morgan fingerprint density at radius 3 is 2.63 bits per heavy atom. The number of rotatable bonds is 5. The first-order chi connectivity index (χ1) is 8.88. The first kappa shape index (κ1) is 13.2. The fourth-order valence-corrected chi connectivity index (χ4v) is 1.67. The van der Waals surface area contributed by atoms with Gasteiger partial charge in [-0.3, -0.25) is 10.1 Å². The Kier molecular flexibility index (Phi) is 3.34. The minimum atomic E-state index is -0.498. The van der Waals surface area contributed by atoms with Gasteiger partial charge in [0.25, 0.3) is 0 Å². The summed E-state index contributed by atoms with van der Waals surface area (Å²) < 4.78 is 5.41. The van der Waals surface area contributed by atoms with Gasteiger partial charge in [0.15, 0.2) is 5.52 Å². The molecule has 0 bridgehead atoms. The van der Waals surface area contributed by atoms with E-state index in [1.807, 2.05) is 0 Å². The lowest BCUT2D eigenvalue weighted by molar-refractivity contribution is -0.868. The molecule has 2 rings (SSSR count). The Bertz CT molecular complexity index is 602. The molecule has 0 radical (unpaired) electrons. The molecule has 0 aliphatic heterocycles. The third-order valence-corrected chi connectivity index (χ3v) is 2.69. The van der Waals surface area contributed by atoms with Crippen molar-refractivity contribution < 1.29 is 14.0 Å². The van der Waals surface area contributed by atoms with Crippen LogP contribution in [0.5, 0.6) is 0 Å². The van der Waals surface area contributed by atoms with E-state index >= 15 is 0 Å². The maximum absolute atomic E-state index is 10.8. The number of nitro groups is 1. The zero-order valence-corrected chi connectivity index (χ0v) is 11.1. The molecule has 8 nitrogen and oxygen atoms in total. The summed E-state index contributed by atoms with van der Waals surface area (Å²) in [5, 5.41) is 21.3. The summed E-state index contributed by atoms with van der Waals surface area (Å²) in [6.07, 6.45) is 0. The fourth-order valence-electron chi connectivity index (χ4n) is 1.67. The zero-order valence-electron chi connectivity index (χ0n) is 11.1. The highest BCUT2D eigenvalue weighted by atomic mass is 16.6. The molecule has 1 heterocycles. The maximum atomic E-state index is 10.8. The van der Waals surface area contributed by atoms with Crippen molar-refractivity contribution in [2.45, 2.75) is 0 Å². The monoisotopic (exact) mass is 266 g/mol. The molecular formula is C11H16N5O3+. The molecule has 0 saturated heterocycles. The Hall–Kier alpha value is -2.22. The SMILES string of the molecule is C[N+](C)(C)CCNc1ccc([N+](=O)[O-])c2nonc12. The number of aromatic nitrogens is 2. The molecule has 8 heteroatoms. The summed E-state index contributed by atoms with van der Waals surface area (Å²) in [5.74, 6) is 0. The van der Waals surface area contributed by atoms with Crippen molar-refractivity contribution in [3.63, 3.8) is 0 Å². The highest BCUT2D eigenvalue weighted by Crippen LogP contribution is 2.28. The molecule has 102 valence electrons. The Morgan fingerprint density at radius 1 is 1.32 bits per heavy atom. The highest BCUT2D eigenvalue weighted by molar-refractivity contribution is 5.93. The minimum absolute atomic E-state index is 0.103. The number of fused-ring (bicyclic) bond motifs is 1. The van der Waals surface area contributed by atoms with E-state index < -0.39 is 4.92 Å². The van der Waals surface area contributed by atoms with Gasteiger partial charge in [-0.15, -0.1) is 0 Å². The number of hydrogen-bond donors (Lipinski definition) is 1. The normalized spacial score (nSPS) is 11.7. The van der Waals surface area contributed by atoms with Gasteiger partial charge in [-0.05, 0) is 16.4 Å². The van der Waals surface area contributed by atoms with E-state index in [0.717, 1.165) is 17.6 Å². The third-order valence-electron chi connectivity index (χ3n) is 2.69. The van der Waals surface area contributed by atoms with Crippen LogP contribution < -0.4 is 5.32 Å². The fraction of sp³-hybridized carbons (Fsp3) is 0.455. The molecule has 2 aromatic rings. The smallest absolute Gasteiger partial charge is 0.300 e. The molecule has 0 amide bonds. The van der Waals surface area contributed by atoms with E-state index in [-0.39, 0.29) is 11.2 Å². The van der Waals surface area contributed by atoms with Gasteiger partial charge in [0.2, 0.25) is 5.52 Å². The maximum Gasteiger partial charge on any atom is 0.300 e. The quantitative estimate of drug-likeness (QED) is 0.497. The van der Waals surface area contributed by atoms with E-state index in [4.69, 9.17) is 0 Å². The van der Waals surface area contributed by atoms with Crippen LogP contribution in [0.1, 0.15) is 0 Å². The number of hydrogen-bond acceptors (Lipinski definition) is 6. The molecule has 0 atom stereocenters. The van der Waals surface area contributed by atoms with E-state index in [1.54, 1.807) is 6.07 Å². The molecule has 19 heavy (non-hydrogen) atoms.